The molecule has 0 amide bonds. The van der Waals surface area contributed by atoms with Crippen LogP contribution in [0.15, 0.2) is 54.6 Å². The number of carbonyl (C=O) groups excluding carboxylic acids is 2. The Bertz CT molecular complexity index is 759. The third-order valence-corrected chi connectivity index (χ3v) is 4.11. The largest absolute Gasteiger partial charge is 0.465 e. The van der Waals surface area contributed by atoms with Gasteiger partial charge in [0.05, 0.1) is 24.7 Å². The van der Waals surface area contributed by atoms with Gasteiger partial charge in [0.2, 0.25) is 0 Å². The molecule has 0 aromatic heterocycles. The van der Waals surface area contributed by atoms with Gasteiger partial charge in [-0.15, -0.1) is 0 Å². The van der Waals surface area contributed by atoms with Crippen LogP contribution in [0.4, 0.5) is 0 Å². The molecule has 1 atom stereocenters. The Hall–Kier alpha value is -2.46. The Balaban J connectivity index is 1.93. The first-order valence-electron chi connectivity index (χ1n) is 9.28. The molecule has 0 fully saturated rings. The van der Waals surface area contributed by atoms with E-state index in [1.54, 1.807) is 37.3 Å². The summed E-state index contributed by atoms with van der Waals surface area (Å²) in [7, 11) is 0. The van der Waals surface area contributed by atoms with Crippen LogP contribution in [0.2, 0.25) is 0 Å². The van der Waals surface area contributed by atoms with Gasteiger partial charge in [0.1, 0.15) is 0 Å². The first-order valence-corrected chi connectivity index (χ1v) is 9.28. The molecule has 0 bridgehead atoms. The molecule has 0 heterocycles. The van der Waals surface area contributed by atoms with E-state index in [4.69, 9.17) is 9.47 Å². The van der Waals surface area contributed by atoms with Gasteiger partial charge in [0.15, 0.2) is 5.78 Å². The number of hydrogen-bond acceptors (Lipinski definition) is 4. The molecule has 2 rings (SSSR count). The number of ether oxygens (including phenoxy) is 2. The van der Waals surface area contributed by atoms with Crippen molar-refractivity contribution in [2.75, 3.05) is 13.2 Å². The Morgan fingerprint density at radius 3 is 2.26 bits per heavy atom. The maximum atomic E-state index is 12.6. The van der Waals surface area contributed by atoms with Crippen LogP contribution in [0.25, 0.3) is 0 Å². The van der Waals surface area contributed by atoms with Crippen LogP contribution in [0.5, 0.6) is 0 Å². The van der Waals surface area contributed by atoms with Crippen molar-refractivity contribution in [1.29, 1.82) is 0 Å². The molecule has 1 unspecified atom stereocenters. The summed E-state index contributed by atoms with van der Waals surface area (Å²) in [5.74, 6) is -0.788. The van der Waals surface area contributed by atoms with E-state index in [0.29, 0.717) is 30.8 Å². The molecule has 4 heteroatoms. The number of benzene rings is 2. The molecule has 0 N–H and O–H groups in total. The summed E-state index contributed by atoms with van der Waals surface area (Å²) in [6.07, 6.45) is 0.655. The van der Waals surface area contributed by atoms with Gasteiger partial charge in [-0.3, -0.25) is 9.59 Å². The lowest BCUT2D eigenvalue weighted by Crippen LogP contribution is -2.21. The van der Waals surface area contributed by atoms with Crippen LogP contribution in [0.3, 0.4) is 0 Å². The fourth-order valence-corrected chi connectivity index (χ4v) is 2.58. The Morgan fingerprint density at radius 2 is 1.59 bits per heavy atom. The second-order valence-corrected chi connectivity index (χ2v) is 7.52. The Morgan fingerprint density at radius 1 is 0.926 bits per heavy atom. The second-order valence-electron chi connectivity index (χ2n) is 7.52. The topological polar surface area (TPSA) is 52.6 Å². The van der Waals surface area contributed by atoms with Gasteiger partial charge in [0.25, 0.3) is 0 Å². The van der Waals surface area contributed by atoms with Crippen LogP contribution in [-0.2, 0) is 14.3 Å². The van der Waals surface area contributed by atoms with Crippen molar-refractivity contribution in [3.8, 4) is 0 Å². The number of rotatable bonds is 8. The van der Waals surface area contributed by atoms with Crippen molar-refractivity contribution < 1.29 is 19.1 Å². The summed E-state index contributed by atoms with van der Waals surface area (Å²) in [4.78, 5) is 24.9. The molecule has 0 radical (unpaired) electrons. The zero-order valence-electron chi connectivity index (χ0n) is 16.5. The summed E-state index contributed by atoms with van der Waals surface area (Å²) in [6.45, 7) is 8.63. The molecule has 0 aliphatic heterocycles. The van der Waals surface area contributed by atoms with Gasteiger partial charge < -0.3 is 9.47 Å². The van der Waals surface area contributed by atoms with Gasteiger partial charge in [-0.2, -0.15) is 0 Å². The van der Waals surface area contributed by atoms with E-state index >= 15 is 0 Å². The van der Waals surface area contributed by atoms with Crippen LogP contribution in [-0.4, -0.2) is 30.6 Å². The normalized spacial score (nSPS) is 12.4. The van der Waals surface area contributed by atoms with Crippen molar-refractivity contribution in [2.45, 2.75) is 45.6 Å². The minimum absolute atomic E-state index is 0.0580. The van der Waals surface area contributed by atoms with Crippen LogP contribution < -0.4 is 0 Å². The predicted octanol–water partition coefficient (Wildman–Crippen LogP) is 4.77. The average Bonchev–Trinajstić information content (AvgIpc) is 2.66. The highest BCUT2D eigenvalue weighted by Gasteiger charge is 2.19. The summed E-state index contributed by atoms with van der Waals surface area (Å²) in [6, 6.07) is 16.3. The molecule has 4 nitrogen and oxygen atoms in total. The summed E-state index contributed by atoms with van der Waals surface area (Å²) in [5, 5.41) is 0. The molecule has 2 aromatic carbocycles. The molecular weight excluding hydrogens is 340 g/mol. The zero-order valence-corrected chi connectivity index (χ0v) is 16.5. The fraction of sp³-hybridized carbons (Fsp3) is 0.391. The van der Waals surface area contributed by atoms with Crippen LogP contribution >= 0.6 is 0 Å². The summed E-state index contributed by atoms with van der Waals surface area (Å²) >= 11 is 0. The first-order chi connectivity index (χ1) is 12.8. The molecule has 144 valence electrons. The second kappa shape index (κ2) is 9.47. The molecular formula is C23H28O4. The number of hydrogen-bond donors (Lipinski definition) is 0. The summed E-state index contributed by atoms with van der Waals surface area (Å²) in [5.41, 5.74) is 1.77. The smallest absolute Gasteiger partial charge is 0.313 e. The molecule has 27 heavy (non-hydrogen) atoms. The average molecular weight is 368 g/mol. The van der Waals surface area contributed by atoms with Crippen LogP contribution in [0, 0.1) is 0 Å². The van der Waals surface area contributed by atoms with E-state index in [9.17, 15) is 9.59 Å². The van der Waals surface area contributed by atoms with Crippen molar-refractivity contribution in [3.05, 3.63) is 71.3 Å². The maximum absolute atomic E-state index is 12.6. The van der Waals surface area contributed by atoms with Gasteiger partial charge in [0, 0.05) is 17.5 Å². The lowest BCUT2D eigenvalue weighted by molar-refractivity contribution is -0.145. The highest BCUT2D eigenvalue weighted by molar-refractivity contribution is 6.09. The predicted molar refractivity (Wildman–Crippen MR) is 106 cm³/mol. The lowest BCUT2D eigenvalue weighted by Gasteiger charge is -2.19. The highest BCUT2D eigenvalue weighted by Crippen LogP contribution is 2.20. The monoisotopic (exact) mass is 368 g/mol. The molecule has 0 aliphatic carbocycles. The number of carbonyl (C=O) groups is 2. The van der Waals surface area contributed by atoms with Crippen molar-refractivity contribution in [1.82, 2.24) is 0 Å². The zero-order chi connectivity index (χ0) is 19.9. The van der Waals surface area contributed by atoms with Gasteiger partial charge in [-0.25, -0.2) is 0 Å². The molecule has 0 spiro atoms. The molecule has 2 aromatic rings. The minimum Gasteiger partial charge on any atom is -0.465 e. The van der Waals surface area contributed by atoms with E-state index in [-0.39, 0.29) is 17.4 Å². The summed E-state index contributed by atoms with van der Waals surface area (Å²) < 4.78 is 11.0. The lowest BCUT2D eigenvalue weighted by atomic mass is 9.96. The van der Waals surface area contributed by atoms with Gasteiger partial charge in [-0.05, 0) is 39.3 Å². The Kier molecular flexibility index (Phi) is 7.31. The third-order valence-electron chi connectivity index (χ3n) is 4.11. The quantitative estimate of drug-likeness (QED) is 0.383. The number of esters is 1. The first kappa shape index (κ1) is 20.8. The number of ketones is 1. The Labute approximate surface area is 161 Å². The van der Waals surface area contributed by atoms with E-state index in [1.165, 1.54) is 0 Å². The van der Waals surface area contributed by atoms with Crippen molar-refractivity contribution in [2.24, 2.45) is 0 Å². The van der Waals surface area contributed by atoms with Crippen LogP contribution in [0.1, 0.15) is 61.5 Å². The maximum Gasteiger partial charge on any atom is 0.313 e. The minimum atomic E-state index is -0.433. The van der Waals surface area contributed by atoms with Crippen molar-refractivity contribution >= 4 is 11.8 Å². The molecule has 0 saturated heterocycles. The van der Waals surface area contributed by atoms with Crippen molar-refractivity contribution in [3.63, 3.8) is 0 Å². The fourth-order valence-electron chi connectivity index (χ4n) is 2.58. The molecule has 0 saturated carbocycles. The van der Waals surface area contributed by atoms with E-state index in [0.717, 1.165) is 5.56 Å². The highest BCUT2D eigenvalue weighted by atomic mass is 16.5. The van der Waals surface area contributed by atoms with Gasteiger partial charge in [-0.1, -0.05) is 48.5 Å². The van der Waals surface area contributed by atoms with Gasteiger partial charge >= 0.3 is 5.97 Å². The van der Waals surface area contributed by atoms with E-state index < -0.39 is 5.92 Å². The van der Waals surface area contributed by atoms with E-state index in [2.05, 4.69) is 0 Å². The third kappa shape index (κ3) is 6.65. The van der Waals surface area contributed by atoms with E-state index in [1.807, 2.05) is 45.0 Å². The SMILES string of the molecule is CC(C(=O)OCCCOC(C)(C)C)c1cccc(C(=O)c2ccccc2)c1. The molecule has 0 aliphatic rings. The standard InChI is InChI=1S/C23H28O4/c1-17(22(25)26-14-9-15-27-23(2,3)4)19-12-8-13-20(16-19)21(24)18-10-6-5-7-11-18/h5-8,10-13,16-17H,9,14-15H2,1-4H3.